The standard InChI is InChI=1S/C19H25FN2O3/c20-15-9-7-13(8-10-15)18(16-3-2-12-25-16)22-17(23)4-1-11-21-19(24)14-5-6-14/h7-10,14,16,18H,1-6,11-12H2,(H,21,24)(H,22,23)/t16-,18+/m0/s1. The average Bonchev–Trinajstić information content (AvgIpc) is 3.33. The van der Waals surface area contributed by atoms with E-state index in [1.165, 1.54) is 12.1 Å². The first kappa shape index (κ1) is 17.9. The number of benzene rings is 1. The van der Waals surface area contributed by atoms with Crippen molar-refractivity contribution in [3.8, 4) is 0 Å². The van der Waals surface area contributed by atoms with E-state index in [4.69, 9.17) is 4.74 Å². The maximum Gasteiger partial charge on any atom is 0.223 e. The van der Waals surface area contributed by atoms with Crippen LogP contribution in [0.2, 0.25) is 0 Å². The zero-order valence-electron chi connectivity index (χ0n) is 14.3. The van der Waals surface area contributed by atoms with Gasteiger partial charge in [-0.3, -0.25) is 9.59 Å². The lowest BCUT2D eigenvalue weighted by atomic mass is 9.99. The van der Waals surface area contributed by atoms with Gasteiger partial charge in [-0.05, 0) is 49.8 Å². The second-order valence-electron chi connectivity index (χ2n) is 6.82. The van der Waals surface area contributed by atoms with Gasteiger partial charge in [-0.25, -0.2) is 4.39 Å². The molecule has 0 unspecified atom stereocenters. The number of amides is 2. The Hall–Kier alpha value is -1.95. The third-order valence-corrected chi connectivity index (χ3v) is 4.71. The van der Waals surface area contributed by atoms with Crippen LogP contribution in [0.4, 0.5) is 4.39 Å². The van der Waals surface area contributed by atoms with Gasteiger partial charge in [0.1, 0.15) is 5.82 Å². The molecule has 6 heteroatoms. The highest BCUT2D eigenvalue weighted by Gasteiger charge is 2.30. The first-order chi connectivity index (χ1) is 12.1. The molecule has 1 aromatic rings. The molecule has 2 atom stereocenters. The highest BCUT2D eigenvalue weighted by molar-refractivity contribution is 5.81. The fourth-order valence-corrected chi connectivity index (χ4v) is 3.12. The van der Waals surface area contributed by atoms with Gasteiger partial charge in [-0.1, -0.05) is 12.1 Å². The second kappa shape index (κ2) is 8.43. The van der Waals surface area contributed by atoms with Crippen LogP contribution in [0.15, 0.2) is 24.3 Å². The second-order valence-corrected chi connectivity index (χ2v) is 6.82. The summed E-state index contributed by atoms with van der Waals surface area (Å²) in [4.78, 5) is 23.8. The maximum absolute atomic E-state index is 13.2. The Bertz CT molecular complexity index is 595. The summed E-state index contributed by atoms with van der Waals surface area (Å²) in [5.41, 5.74) is 0.851. The minimum absolute atomic E-state index is 0.0782. The summed E-state index contributed by atoms with van der Waals surface area (Å²) < 4.78 is 18.9. The zero-order chi connectivity index (χ0) is 17.6. The van der Waals surface area contributed by atoms with Crippen molar-refractivity contribution in [1.82, 2.24) is 10.6 Å². The Kier molecular flexibility index (Phi) is 6.02. The molecule has 2 fully saturated rings. The summed E-state index contributed by atoms with van der Waals surface area (Å²) in [6, 6.07) is 5.92. The van der Waals surface area contributed by atoms with Crippen molar-refractivity contribution >= 4 is 11.8 Å². The number of rotatable bonds is 8. The van der Waals surface area contributed by atoms with Gasteiger partial charge in [0.25, 0.3) is 0 Å². The quantitative estimate of drug-likeness (QED) is 0.709. The Morgan fingerprint density at radius 3 is 2.60 bits per heavy atom. The molecule has 1 aromatic carbocycles. The maximum atomic E-state index is 13.2. The highest BCUT2D eigenvalue weighted by atomic mass is 19.1. The Labute approximate surface area is 147 Å². The molecule has 0 bridgehead atoms. The predicted molar refractivity (Wildman–Crippen MR) is 91.2 cm³/mol. The molecule has 0 radical (unpaired) electrons. The molecule has 5 nitrogen and oxygen atoms in total. The van der Waals surface area contributed by atoms with E-state index in [9.17, 15) is 14.0 Å². The SMILES string of the molecule is O=C(CCCNC(=O)C1CC1)N[C@H](c1ccc(F)cc1)[C@@H]1CCCO1. The molecule has 0 aromatic heterocycles. The van der Waals surface area contributed by atoms with Crippen LogP contribution >= 0.6 is 0 Å². The molecule has 1 saturated heterocycles. The third-order valence-electron chi connectivity index (χ3n) is 4.71. The minimum atomic E-state index is -0.299. The van der Waals surface area contributed by atoms with Gasteiger partial charge in [0, 0.05) is 25.5 Å². The highest BCUT2D eigenvalue weighted by Crippen LogP contribution is 2.29. The van der Waals surface area contributed by atoms with Crippen molar-refractivity contribution in [2.45, 2.75) is 50.7 Å². The lowest BCUT2D eigenvalue weighted by molar-refractivity contribution is -0.124. The largest absolute Gasteiger partial charge is 0.376 e. The van der Waals surface area contributed by atoms with E-state index < -0.39 is 0 Å². The lowest BCUT2D eigenvalue weighted by Gasteiger charge is -2.25. The van der Waals surface area contributed by atoms with E-state index in [0.717, 1.165) is 31.2 Å². The van der Waals surface area contributed by atoms with Crippen LogP contribution in [-0.2, 0) is 14.3 Å². The van der Waals surface area contributed by atoms with Gasteiger partial charge in [0.2, 0.25) is 11.8 Å². The van der Waals surface area contributed by atoms with Gasteiger partial charge in [-0.15, -0.1) is 0 Å². The fraction of sp³-hybridized carbons (Fsp3) is 0.579. The van der Waals surface area contributed by atoms with Crippen molar-refractivity contribution in [3.05, 3.63) is 35.6 Å². The summed E-state index contributed by atoms with van der Waals surface area (Å²) in [6.07, 6.45) is 4.66. The third kappa shape index (κ3) is 5.26. The predicted octanol–water partition coefficient (Wildman–Crippen LogP) is 2.47. The van der Waals surface area contributed by atoms with E-state index in [1.54, 1.807) is 12.1 Å². The lowest BCUT2D eigenvalue weighted by Crippen LogP contribution is -2.36. The molecule has 1 aliphatic heterocycles. The van der Waals surface area contributed by atoms with Gasteiger partial charge in [0.05, 0.1) is 12.1 Å². The molecule has 2 amide bonds. The Morgan fingerprint density at radius 2 is 1.96 bits per heavy atom. The average molecular weight is 348 g/mol. The minimum Gasteiger partial charge on any atom is -0.376 e. The zero-order valence-corrected chi connectivity index (χ0v) is 14.3. The molecular weight excluding hydrogens is 323 g/mol. The van der Waals surface area contributed by atoms with E-state index in [1.807, 2.05) is 0 Å². The molecule has 2 aliphatic rings. The first-order valence-corrected chi connectivity index (χ1v) is 9.07. The van der Waals surface area contributed by atoms with Crippen molar-refractivity contribution in [3.63, 3.8) is 0 Å². The summed E-state index contributed by atoms with van der Waals surface area (Å²) >= 11 is 0. The number of hydrogen-bond donors (Lipinski definition) is 2. The van der Waals surface area contributed by atoms with E-state index in [2.05, 4.69) is 10.6 Å². The summed E-state index contributed by atoms with van der Waals surface area (Å²) in [5, 5.41) is 5.88. The van der Waals surface area contributed by atoms with E-state index in [0.29, 0.717) is 26.0 Å². The van der Waals surface area contributed by atoms with Crippen LogP contribution < -0.4 is 10.6 Å². The monoisotopic (exact) mass is 348 g/mol. The molecule has 0 spiro atoms. The molecule has 3 rings (SSSR count). The first-order valence-electron chi connectivity index (χ1n) is 9.07. The molecule has 1 aliphatic carbocycles. The van der Waals surface area contributed by atoms with Gasteiger partial charge in [0.15, 0.2) is 0 Å². The Balaban J connectivity index is 1.49. The van der Waals surface area contributed by atoms with Crippen LogP contribution in [-0.4, -0.2) is 31.1 Å². The molecule has 136 valence electrons. The van der Waals surface area contributed by atoms with Crippen molar-refractivity contribution in [1.29, 1.82) is 0 Å². The van der Waals surface area contributed by atoms with Crippen LogP contribution in [0, 0.1) is 11.7 Å². The van der Waals surface area contributed by atoms with Gasteiger partial charge < -0.3 is 15.4 Å². The summed E-state index contributed by atoms with van der Waals surface area (Å²) in [7, 11) is 0. The number of halogens is 1. The molecule has 1 saturated carbocycles. The van der Waals surface area contributed by atoms with Crippen LogP contribution in [0.3, 0.4) is 0 Å². The normalized spacial score (nSPS) is 20.9. The van der Waals surface area contributed by atoms with Crippen molar-refractivity contribution in [2.24, 2.45) is 5.92 Å². The van der Waals surface area contributed by atoms with Crippen LogP contribution in [0.1, 0.15) is 50.1 Å². The number of ether oxygens (including phenoxy) is 1. The van der Waals surface area contributed by atoms with Crippen molar-refractivity contribution in [2.75, 3.05) is 13.2 Å². The van der Waals surface area contributed by atoms with Gasteiger partial charge in [-0.2, -0.15) is 0 Å². The molecule has 2 N–H and O–H groups in total. The van der Waals surface area contributed by atoms with Crippen LogP contribution in [0.5, 0.6) is 0 Å². The van der Waals surface area contributed by atoms with E-state index in [-0.39, 0.29) is 35.7 Å². The molecule has 25 heavy (non-hydrogen) atoms. The van der Waals surface area contributed by atoms with Gasteiger partial charge >= 0.3 is 0 Å². The van der Waals surface area contributed by atoms with E-state index >= 15 is 0 Å². The topological polar surface area (TPSA) is 67.4 Å². The van der Waals surface area contributed by atoms with Crippen LogP contribution in [0.25, 0.3) is 0 Å². The Morgan fingerprint density at radius 1 is 1.20 bits per heavy atom. The fourth-order valence-electron chi connectivity index (χ4n) is 3.12. The number of carbonyl (C=O) groups excluding carboxylic acids is 2. The summed E-state index contributed by atoms with van der Waals surface area (Å²) in [5.74, 6) is -0.0850. The summed E-state index contributed by atoms with van der Waals surface area (Å²) in [6.45, 7) is 1.20. The number of carbonyl (C=O) groups is 2. The number of nitrogens with one attached hydrogen (secondary N) is 2. The smallest absolute Gasteiger partial charge is 0.223 e. The molecular formula is C19H25FN2O3. The number of hydrogen-bond acceptors (Lipinski definition) is 3. The van der Waals surface area contributed by atoms with Crippen molar-refractivity contribution < 1.29 is 18.7 Å². The molecule has 1 heterocycles.